The highest BCUT2D eigenvalue weighted by atomic mass is 16.7. The van der Waals surface area contributed by atoms with Crippen molar-refractivity contribution < 1.29 is 9.47 Å². The molecule has 4 rings (SSSR count). The monoisotopic (exact) mass is 266 g/mol. The number of ether oxygens (including phenoxy) is 2. The van der Waals surface area contributed by atoms with Crippen LogP contribution in [0.5, 0.6) is 11.5 Å². The Bertz CT molecular complexity index is 782. The number of aryl methyl sites for hydroxylation is 2. The maximum atomic E-state index is 5.55. The molecule has 3 aromatic rings. The van der Waals surface area contributed by atoms with Gasteiger partial charge in [0.25, 0.3) is 0 Å². The minimum Gasteiger partial charge on any atom is -0.454 e. The SMILES string of the molecule is Cc1cc2nc(-c3cccc4c3OCO4)[nH]c2cc1C. The highest BCUT2D eigenvalue weighted by molar-refractivity contribution is 5.82. The Labute approximate surface area is 116 Å². The second-order valence-electron chi connectivity index (χ2n) is 5.08. The van der Waals surface area contributed by atoms with Crippen LogP contribution in [0.4, 0.5) is 0 Å². The maximum absolute atomic E-state index is 5.55. The average molecular weight is 266 g/mol. The first-order chi connectivity index (χ1) is 9.72. The van der Waals surface area contributed by atoms with E-state index in [9.17, 15) is 0 Å². The number of imidazole rings is 1. The smallest absolute Gasteiger partial charge is 0.231 e. The van der Waals surface area contributed by atoms with E-state index in [-0.39, 0.29) is 6.79 Å². The molecule has 0 unspecified atom stereocenters. The van der Waals surface area contributed by atoms with Crippen LogP contribution in [-0.4, -0.2) is 16.8 Å². The standard InChI is InChI=1S/C16H14N2O2/c1-9-6-12-13(7-10(9)2)18-16(17-12)11-4-3-5-14-15(11)20-8-19-14/h3-7H,8H2,1-2H3,(H,17,18). The second kappa shape index (κ2) is 4.00. The van der Waals surface area contributed by atoms with Gasteiger partial charge in [-0.05, 0) is 49.2 Å². The summed E-state index contributed by atoms with van der Waals surface area (Å²) in [6.07, 6.45) is 0. The van der Waals surface area contributed by atoms with Crippen molar-refractivity contribution in [2.45, 2.75) is 13.8 Å². The predicted octanol–water partition coefficient (Wildman–Crippen LogP) is 3.58. The lowest BCUT2D eigenvalue weighted by molar-refractivity contribution is 0.174. The van der Waals surface area contributed by atoms with Gasteiger partial charge in [0.15, 0.2) is 11.5 Å². The molecule has 0 amide bonds. The highest BCUT2D eigenvalue weighted by Gasteiger charge is 2.20. The number of hydrogen-bond donors (Lipinski definition) is 1. The molecule has 2 heterocycles. The fourth-order valence-electron chi connectivity index (χ4n) is 2.51. The number of nitrogens with one attached hydrogen (secondary N) is 1. The molecule has 0 aliphatic carbocycles. The molecular formula is C16H14N2O2. The summed E-state index contributed by atoms with van der Waals surface area (Å²) in [5.74, 6) is 2.35. The van der Waals surface area contributed by atoms with Gasteiger partial charge in [0.2, 0.25) is 6.79 Å². The van der Waals surface area contributed by atoms with Gasteiger partial charge in [-0.1, -0.05) is 6.07 Å². The van der Waals surface area contributed by atoms with Gasteiger partial charge < -0.3 is 14.5 Å². The first kappa shape index (κ1) is 11.3. The van der Waals surface area contributed by atoms with Crippen LogP contribution in [0.15, 0.2) is 30.3 Å². The number of aromatic amines is 1. The van der Waals surface area contributed by atoms with Crippen molar-refractivity contribution in [2.24, 2.45) is 0 Å². The number of rotatable bonds is 1. The molecular weight excluding hydrogens is 252 g/mol. The van der Waals surface area contributed by atoms with E-state index in [0.29, 0.717) is 0 Å². The number of H-pyrrole nitrogens is 1. The molecule has 4 nitrogen and oxygen atoms in total. The zero-order valence-electron chi connectivity index (χ0n) is 11.4. The second-order valence-corrected chi connectivity index (χ2v) is 5.08. The number of nitrogens with zero attached hydrogens (tertiary/aromatic N) is 1. The van der Waals surface area contributed by atoms with Gasteiger partial charge in [-0.25, -0.2) is 4.98 Å². The zero-order chi connectivity index (χ0) is 13.7. The average Bonchev–Trinajstić information content (AvgIpc) is 3.05. The summed E-state index contributed by atoms with van der Waals surface area (Å²) in [4.78, 5) is 8.03. The van der Waals surface area contributed by atoms with E-state index >= 15 is 0 Å². The van der Waals surface area contributed by atoms with Gasteiger partial charge in [-0.3, -0.25) is 0 Å². The fraction of sp³-hybridized carbons (Fsp3) is 0.188. The number of fused-ring (bicyclic) bond motifs is 2. The van der Waals surface area contributed by atoms with Crippen LogP contribution in [-0.2, 0) is 0 Å². The van der Waals surface area contributed by atoms with E-state index in [1.807, 2.05) is 18.2 Å². The highest BCUT2D eigenvalue weighted by Crippen LogP contribution is 2.40. The molecule has 0 fully saturated rings. The van der Waals surface area contributed by atoms with Crippen molar-refractivity contribution in [3.05, 3.63) is 41.5 Å². The lowest BCUT2D eigenvalue weighted by Crippen LogP contribution is -1.93. The van der Waals surface area contributed by atoms with Crippen molar-refractivity contribution in [2.75, 3.05) is 6.79 Å². The number of hydrogen-bond acceptors (Lipinski definition) is 3. The summed E-state index contributed by atoms with van der Waals surface area (Å²) in [5, 5.41) is 0. The molecule has 4 heteroatoms. The van der Waals surface area contributed by atoms with Crippen LogP contribution in [0.2, 0.25) is 0 Å². The molecule has 1 aromatic heterocycles. The summed E-state index contributed by atoms with van der Waals surface area (Å²) >= 11 is 0. The number of aromatic nitrogens is 2. The minimum absolute atomic E-state index is 0.269. The van der Waals surface area contributed by atoms with Crippen LogP contribution in [0.3, 0.4) is 0 Å². The molecule has 1 aliphatic rings. The van der Waals surface area contributed by atoms with Crippen molar-refractivity contribution in [3.8, 4) is 22.9 Å². The molecule has 0 spiro atoms. The normalized spacial score (nSPS) is 13.1. The largest absolute Gasteiger partial charge is 0.454 e. The number of benzene rings is 2. The van der Waals surface area contributed by atoms with Gasteiger partial charge in [-0.2, -0.15) is 0 Å². The molecule has 0 saturated carbocycles. The van der Waals surface area contributed by atoms with Crippen molar-refractivity contribution in [1.29, 1.82) is 0 Å². The van der Waals surface area contributed by atoms with Crippen molar-refractivity contribution in [1.82, 2.24) is 9.97 Å². The van der Waals surface area contributed by atoms with E-state index < -0.39 is 0 Å². The molecule has 20 heavy (non-hydrogen) atoms. The molecule has 0 atom stereocenters. The van der Waals surface area contributed by atoms with Crippen LogP contribution in [0.25, 0.3) is 22.4 Å². The summed E-state index contributed by atoms with van der Waals surface area (Å²) in [6.45, 7) is 4.47. The topological polar surface area (TPSA) is 47.1 Å². The maximum Gasteiger partial charge on any atom is 0.231 e. The van der Waals surface area contributed by atoms with Crippen molar-refractivity contribution in [3.63, 3.8) is 0 Å². The number of para-hydroxylation sites is 1. The van der Waals surface area contributed by atoms with Gasteiger partial charge in [-0.15, -0.1) is 0 Å². The van der Waals surface area contributed by atoms with Crippen LogP contribution >= 0.6 is 0 Å². The summed E-state index contributed by atoms with van der Waals surface area (Å²) in [7, 11) is 0. The summed E-state index contributed by atoms with van der Waals surface area (Å²) < 4.78 is 11.0. The molecule has 1 N–H and O–H groups in total. The first-order valence-corrected chi connectivity index (χ1v) is 6.58. The van der Waals surface area contributed by atoms with Gasteiger partial charge in [0.05, 0.1) is 16.6 Å². The molecule has 1 aliphatic heterocycles. The van der Waals surface area contributed by atoms with Gasteiger partial charge in [0, 0.05) is 0 Å². The first-order valence-electron chi connectivity index (χ1n) is 6.58. The third kappa shape index (κ3) is 1.58. The Balaban J connectivity index is 1.93. The van der Waals surface area contributed by atoms with Crippen LogP contribution < -0.4 is 9.47 Å². The Morgan fingerprint density at radius 3 is 2.85 bits per heavy atom. The van der Waals surface area contributed by atoms with E-state index in [4.69, 9.17) is 9.47 Å². The molecule has 0 radical (unpaired) electrons. The molecule has 0 bridgehead atoms. The Kier molecular flexibility index (Phi) is 2.27. The molecule has 2 aromatic carbocycles. The fourth-order valence-corrected chi connectivity index (χ4v) is 2.51. The summed E-state index contributed by atoms with van der Waals surface area (Å²) in [6, 6.07) is 10.1. The summed E-state index contributed by atoms with van der Waals surface area (Å²) in [5.41, 5.74) is 5.45. The Hall–Kier alpha value is -2.49. The Morgan fingerprint density at radius 2 is 1.95 bits per heavy atom. The van der Waals surface area contributed by atoms with E-state index in [2.05, 4.69) is 35.9 Å². The zero-order valence-corrected chi connectivity index (χ0v) is 11.4. The third-order valence-corrected chi connectivity index (χ3v) is 3.75. The molecule has 100 valence electrons. The van der Waals surface area contributed by atoms with Gasteiger partial charge >= 0.3 is 0 Å². The lowest BCUT2D eigenvalue weighted by Gasteiger charge is -2.01. The van der Waals surface area contributed by atoms with E-state index in [1.165, 1.54) is 11.1 Å². The van der Waals surface area contributed by atoms with E-state index in [1.54, 1.807) is 0 Å². The molecule has 0 saturated heterocycles. The van der Waals surface area contributed by atoms with Gasteiger partial charge in [0.1, 0.15) is 5.82 Å². The third-order valence-electron chi connectivity index (χ3n) is 3.75. The minimum atomic E-state index is 0.269. The van der Waals surface area contributed by atoms with Crippen LogP contribution in [0, 0.1) is 13.8 Å². The quantitative estimate of drug-likeness (QED) is 0.732. The lowest BCUT2D eigenvalue weighted by atomic mass is 10.1. The predicted molar refractivity (Wildman–Crippen MR) is 77.1 cm³/mol. The van der Waals surface area contributed by atoms with Crippen molar-refractivity contribution >= 4 is 11.0 Å². The Morgan fingerprint density at radius 1 is 1.10 bits per heavy atom. The van der Waals surface area contributed by atoms with E-state index in [0.717, 1.165) is 33.9 Å². The van der Waals surface area contributed by atoms with Crippen LogP contribution in [0.1, 0.15) is 11.1 Å².